The fourth-order valence-corrected chi connectivity index (χ4v) is 0.806. The predicted molar refractivity (Wildman–Crippen MR) is 49.1 cm³/mol. The molecule has 0 aromatic rings. The van der Waals surface area contributed by atoms with Crippen molar-refractivity contribution in [1.82, 2.24) is 5.32 Å². The standard InChI is InChI=1S/C9H17NO3/c1-5-13-8(12)6-7(11)10-9(2,3)4/h5-6H2,1-4H3,(H,10,11). The number of amides is 1. The third kappa shape index (κ3) is 7.31. The Morgan fingerprint density at radius 2 is 1.85 bits per heavy atom. The first-order valence-corrected chi connectivity index (χ1v) is 4.32. The third-order valence-electron chi connectivity index (χ3n) is 1.12. The number of ether oxygens (including phenoxy) is 1. The highest BCUT2D eigenvalue weighted by Crippen LogP contribution is 1.99. The summed E-state index contributed by atoms with van der Waals surface area (Å²) in [6, 6.07) is 0. The number of rotatable bonds is 3. The van der Waals surface area contributed by atoms with Gasteiger partial charge in [-0.1, -0.05) is 0 Å². The van der Waals surface area contributed by atoms with Gasteiger partial charge in [-0.2, -0.15) is 0 Å². The average molecular weight is 187 g/mol. The van der Waals surface area contributed by atoms with Crippen LogP contribution >= 0.6 is 0 Å². The van der Waals surface area contributed by atoms with Crippen molar-refractivity contribution in [2.45, 2.75) is 39.7 Å². The molecule has 0 saturated carbocycles. The fourth-order valence-electron chi connectivity index (χ4n) is 0.806. The molecule has 0 heterocycles. The number of carbonyl (C=O) groups excluding carboxylic acids is 2. The summed E-state index contributed by atoms with van der Waals surface area (Å²) in [6.45, 7) is 7.59. The molecule has 0 spiro atoms. The number of carbonyl (C=O) groups is 2. The van der Waals surface area contributed by atoms with Crippen LogP contribution in [0.3, 0.4) is 0 Å². The van der Waals surface area contributed by atoms with Crippen LogP contribution in [0.2, 0.25) is 0 Å². The molecule has 4 nitrogen and oxygen atoms in total. The van der Waals surface area contributed by atoms with Crippen LogP contribution in [0.5, 0.6) is 0 Å². The molecule has 1 amide bonds. The molecule has 0 bridgehead atoms. The van der Waals surface area contributed by atoms with Gasteiger partial charge in [0.2, 0.25) is 5.91 Å². The molecule has 0 aliphatic heterocycles. The van der Waals surface area contributed by atoms with Crippen LogP contribution in [0.4, 0.5) is 0 Å². The van der Waals surface area contributed by atoms with E-state index in [0.29, 0.717) is 6.61 Å². The molecule has 0 aliphatic carbocycles. The van der Waals surface area contributed by atoms with Gasteiger partial charge in [-0.05, 0) is 27.7 Å². The van der Waals surface area contributed by atoms with Gasteiger partial charge in [0, 0.05) is 5.54 Å². The second kappa shape index (κ2) is 4.84. The Labute approximate surface area is 78.6 Å². The lowest BCUT2D eigenvalue weighted by Gasteiger charge is -2.19. The lowest BCUT2D eigenvalue weighted by molar-refractivity contribution is -0.146. The zero-order valence-corrected chi connectivity index (χ0v) is 8.64. The van der Waals surface area contributed by atoms with E-state index in [9.17, 15) is 9.59 Å². The SMILES string of the molecule is CCOC(=O)CC(=O)NC(C)(C)C. The van der Waals surface area contributed by atoms with Crippen LogP contribution in [0, 0.1) is 0 Å². The molecule has 0 radical (unpaired) electrons. The van der Waals surface area contributed by atoms with E-state index < -0.39 is 5.97 Å². The first kappa shape index (κ1) is 11.9. The highest BCUT2D eigenvalue weighted by Gasteiger charge is 2.16. The van der Waals surface area contributed by atoms with Gasteiger partial charge < -0.3 is 10.1 Å². The molecule has 76 valence electrons. The molecular formula is C9H17NO3. The average Bonchev–Trinajstić information content (AvgIpc) is 1.81. The Balaban J connectivity index is 3.82. The van der Waals surface area contributed by atoms with Crippen molar-refractivity contribution >= 4 is 11.9 Å². The van der Waals surface area contributed by atoms with E-state index in [-0.39, 0.29) is 17.9 Å². The molecule has 0 atom stereocenters. The highest BCUT2D eigenvalue weighted by atomic mass is 16.5. The molecule has 0 aromatic heterocycles. The second-order valence-corrected chi connectivity index (χ2v) is 3.78. The molecule has 0 aromatic carbocycles. The first-order chi connectivity index (χ1) is 5.85. The van der Waals surface area contributed by atoms with Gasteiger partial charge in [-0.15, -0.1) is 0 Å². The van der Waals surface area contributed by atoms with Crippen molar-refractivity contribution in [3.8, 4) is 0 Å². The summed E-state index contributed by atoms with van der Waals surface area (Å²) in [5.41, 5.74) is -0.302. The minimum Gasteiger partial charge on any atom is -0.466 e. The molecule has 0 rings (SSSR count). The monoisotopic (exact) mass is 187 g/mol. The minimum atomic E-state index is -0.482. The molecular weight excluding hydrogens is 170 g/mol. The van der Waals surface area contributed by atoms with Crippen LogP contribution in [-0.2, 0) is 14.3 Å². The Hall–Kier alpha value is -1.06. The van der Waals surface area contributed by atoms with Gasteiger partial charge in [0.05, 0.1) is 6.61 Å². The first-order valence-electron chi connectivity index (χ1n) is 4.32. The smallest absolute Gasteiger partial charge is 0.315 e. The fraction of sp³-hybridized carbons (Fsp3) is 0.778. The minimum absolute atomic E-state index is 0.203. The van der Waals surface area contributed by atoms with Crippen molar-refractivity contribution in [2.75, 3.05) is 6.61 Å². The molecule has 0 saturated heterocycles. The zero-order valence-electron chi connectivity index (χ0n) is 8.64. The summed E-state index contributed by atoms with van der Waals surface area (Å²) in [4.78, 5) is 22.0. The van der Waals surface area contributed by atoms with E-state index >= 15 is 0 Å². The Bertz CT molecular complexity index is 194. The highest BCUT2D eigenvalue weighted by molar-refractivity contribution is 5.94. The lowest BCUT2D eigenvalue weighted by atomic mass is 10.1. The number of hydrogen-bond donors (Lipinski definition) is 1. The van der Waals surface area contributed by atoms with Gasteiger partial charge >= 0.3 is 5.97 Å². The largest absolute Gasteiger partial charge is 0.466 e. The van der Waals surface area contributed by atoms with Crippen LogP contribution in [0.25, 0.3) is 0 Å². The maximum Gasteiger partial charge on any atom is 0.315 e. The van der Waals surface area contributed by atoms with Gasteiger partial charge in [-0.25, -0.2) is 0 Å². The van der Waals surface area contributed by atoms with Crippen molar-refractivity contribution in [1.29, 1.82) is 0 Å². The van der Waals surface area contributed by atoms with E-state index in [1.165, 1.54) is 0 Å². The molecule has 13 heavy (non-hydrogen) atoms. The second-order valence-electron chi connectivity index (χ2n) is 3.78. The number of nitrogens with one attached hydrogen (secondary N) is 1. The lowest BCUT2D eigenvalue weighted by Crippen LogP contribution is -2.41. The zero-order chi connectivity index (χ0) is 10.5. The van der Waals surface area contributed by atoms with E-state index in [0.717, 1.165) is 0 Å². The molecule has 4 heteroatoms. The summed E-state index contributed by atoms with van der Waals surface area (Å²) in [5, 5.41) is 2.67. The van der Waals surface area contributed by atoms with Crippen molar-refractivity contribution in [2.24, 2.45) is 0 Å². The maximum absolute atomic E-state index is 11.1. The summed E-state index contributed by atoms with van der Waals surface area (Å²) >= 11 is 0. The van der Waals surface area contributed by atoms with Gasteiger partial charge in [0.25, 0.3) is 0 Å². The Morgan fingerprint density at radius 3 is 2.23 bits per heavy atom. The van der Waals surface area contributed by atoms with Crippen molar-refractivity contribution in [3.05, 3.63) is 0 Å². The topological polar surface area (TPSA) is 55.4 Å². The van der Waals surface area contributed by atoms with E-state index in [1.807, 2.05) is 20.8 Å². The number of hydrogen-bond acceptors (Lipinski definition) is 3. The van der Waals surface area contributed by atoms with Crippen molar-refractivity contribution < 1.29 is 14.3 Å². The van der Waals surface area contributed by atoms with Crippen LogP contribution in [0.15, 0.2) is 0 Å². The predicted octanol–water partition coefficient (Wildman–Crippen LogP) is 0.854. The Kier molecular flexibility index (Phi) is 4.45. The van der Waals surface area contributed by atoms with E-state index in [4.69, 9.17) is 0 Å². The van der Waals surface area contributed by atoms with E-state index in [2.05, 4.69) is 10.1 Å². The summed E-state index contributed by atoms with van der Waals surface area (Å²) in [5.74, 6) is -0.782. The quantitative estimate of drug-likeness (QED) is 0.526. The number of esters is 1. The molecule has 1 N–H and O–H groups in total. The van der Waals surface area contributed by atoms with Gasteiger partial charge in [-0.3, -0.25) is 9.59 Å². The van der Waals surface area contributed by atoms with Crippen LogP contribution in [-0.4, -0.2) is 24.0 Å². The van der Waals surface area contributed by atoms with Gasteiger partial charge in [0.1, 0.15) is 6.42 Å². The summed E-state index contributed by atoms with van der Waals surface area (Å²) < 4.78 is 4.63. The normalized spacial score (nSPS) is 10.8. The van der Waals surface area contributed by atoms with E-state index in [1.54, 1.807) is 6.92 Å². The van der Waals surface area contributed by atoms with Gasteiger partial charge in [0.15, 0.2) is 0 Å². The summed E-state index contributed by atoms with van der Waals surface area (Å²) in [6.07, 6.45) is -0.203. The molecule has 0 unspecified atom stereocenters. The molecule has 0 fully saturated rings. The van der Waals surface area contributed by atoms with Crippen LogP contribution < -0.4 is 5.32 Å². The van der Waals surface area contributed by atoms with Crippen LogP contribution in [0.1, 0.15) is 34.1 Å². The van der Waals surface area contributed by atoms with Crippen molar-refractivity contribution in [3.63, 3.8) is 0 Å². The summed E-state index contributed by atoms with van der Waals surface area (Å²) in [7, 11) is 0. The maximum atomic E-state index is 11.1. The molecule has 0 aliphatic rings. The third-order valence-corrected chi connectivity index (χ3v) is 1.12. The Morgan fingerprint density at radius 1 is 1.31 bits per heavy atom.